The van der Waals surface area contributed by atoms with Gasteiger partial charge in [0, 0.05) is 49.5 Å². The van der Waals surface area contributed by atoms with E-state index in [0.717, 1.165) is 17.7 Å². The molecule has 3 aromatic carbocycles. The molecule has 0 radical (unpaired) electrons. The Bertz CT molecular complexity index is 1100. The Labute approximate surface area is 195 Å². The van der Waals surface area contributed by atoms with Gasteiger partial charge in [-0.05, 0) is 29.2 Å². The Morgan fingerprint density at radius 1 is 0.909 bits per heavy atom. The Morgan fingerprint density at radius 2 is 1.52 bits per heavy atom. The number of nitrogens with one attached hydrogen (secondary N) is 1. The lowest BCUT2D eigenvalue weighted by atomic mass is 9.56. The number of hydrogen-bond acceptors (Lipinski definition) is 3. The number of hydrogen-bond donors (Lipinski definition) is 1. The summed E-state index contributed by atoms with van der Waals surface area (Å²) in [5.74, 6) is 0.345. The lowest BCUT2D eigenvalue weighted by Crippen LogP contribution is -2.47. The number of rotatable bonds is 5. The molecule has 0 bridgehead atoms. The van der Waals surface area contributed by atoms with E-state index in [4.69, 9.17) is 0 Å². The molecule has 1 saturated heterocycles. The van der Waals surface area contributed by atoms with Gasteiger partial charge in [-0.25, -0.2) is 0 Å². The molecule has 1 amide bonds. The van der Waals surface area contributed by atoms with E-state index in [-0.39, 0.29) is 23.2 Å². The minimum Gasteiger partial charge on any atom is -0.388 e. The number of ketones is 1. The van der Waals surface area contributed by atoms with Crippen molar-refractivity contribution in [2.45, 2.75) is 24.7 Å². The molecular formula is C29H30N2O2. The van der Waals surface area contributed by atoms with E-state index in [1.807, 2.05) is 48.3 Å². The summed E-state index contributed by atoms with van der Waals surface area (Å²) in [5.41, 5.74) is 4.19. The van der Waals surface area contributed by atoms with Gasteiger partial charge in [0.15, 0.2) is 0 Å². The van der Waals surface area contributed by atoms with Crippen LogP contribution in [0.5, 0.6) is 0 Å². The van der Waals surface area contributed by atoms with Gasteiger partial charge in [0.25, 0.3) is 0 Å². The highest BCUT2D eigenvalue weighted by molar-refractivity contribution is 5.87. The average Bonchev–Trinajstić information content (AvgIpc) is 3.33. The van der Waals surface area contributed by atoms with Crippen LogP contribution in [0, 0.1) is 11.8 Å². The van der Waals surface area contributed by atoms with Gasteiger partial charge in [-0.2, -0.15) is 0 Å². The first kappa shape index (κ1) is 21.4. The van der Waals surface area contributed by atoms with Gasteiger partial charge in [-0.15, -0.1) is 0 Å². The SMILES string of the molecule is CNc1ccccc1CC(=O)N1CC2C(=O)CCC(c3ccccc3)(c3ccccc3)C2C1. The van der Waals surface area contributed by atoms with Crippen LogP contribution in [0.3, 0.4) is 0 Å². The van der Waals surface area contributed by atoms with E-state index in [0.29, 0.717) is 31.7 Å². The predicted molar refractivity (Wildman–Crippen MR) is 131 cm³/mol. The van der Waals surface area contributed by atoms with Crippen molar-refractivity contribution in [2.24, 2.45) is 11.8 Å². The third-order valence-electron chi connectivity index (χ3n) is 7.69. The topological polar surface area (TPSA) is 49.4 Å². The minimum atomic E-state index is -0.265. The van der Waals surface area contributed by atoms with Gasteiger partial charge in [0.2, 0.25) is 5.91 Å². The van der Waals surface area contributed by atoms with Crippen LogP contribution in [-0.4, -0.2) is 36.7 Å². The molecule has 4 heteroatoms. The molecule has 1 N–H and O–H groups in total. The monoisotopic (exact) mass is 438 g/mol. The zero-order valence-electron chi connectivity index (χ0n) is 19.0. The van der Waals surface area contributed by atoms with Crippen LogP contribution < -0.4 is 5.32 Å². The maximum absolute atomic E-state index is 13.4. The number of nitrogens with zero attached hydrogens (tertiary/aromatic N) is 1. The molecule has 2 aliphatic rings. The van der Waals surface area contributed by atoms with Crippen LogP contribution >= 0.6 is 0 Å². The van der Waals surface area contributed by atoms with Crippen molar-refractivity contribution < 1.29 is 9.59 Å². The number of benzene rings is 3. The number of fused-ring (bicyclic) bond motifs is 1. The summed E-state index contributed by atoms with van der Waals surface area (Å²) in [7, 11) is 1.88. The van der Waals surface area contributed by atoms with Crippen LogP contribution in [0.1, 0.15) is 29.5 Å². The second kappa shape index (κ2) is 8.86. The molecule has 2 fully saturated rings. The van der Waals surface area contributed by atoms with Crippen LogP contribution in [0.2, 0.25) is 0 Å². The Morgan fingerprint density at radius 3 is 2.15 bits per heavy atom. The number of para-hydroxylation sites is 1. The number of carbonyl (C=O) groups is 2. The van der Waals surface area contributed by atoms with Crippen molar-refractivity contribution in [3.8, 4) is 0 Å². The summed E-state index contributed by atoms with van der Waals surface area (Å²) in [4.78, 5) is 28.4. The van der Waals surface area contributed by atoms with Crippen molar-refractivity contribution in [1.29, 1.82) is 0 Å². The molecule has 1 aliphatic heterocycles. The highest BCUT2D eigenvalue weighted by Gasteiger charge is 2.55. The lowest BCUT2D eigenvalue weighted by Gasteiger charge is -2.45. The molecule has 2 unspecified atom stereocenters. The van der Waals surface area contributed by atoms with E-state index in [1.165, 1.54) is 11.1 Å². The van der Waals surface area contributed by atoms with Crippen LogP contribution in [-0.2, 0) is 21.4 Å². The molecule has 0 aromatic heterocycles. The maximum Gasteiger partial charge on any atom is 0.227 e. The molecule has 1 aliphatic carbocycles. The van der Waals surface area contributed by atoms with Crippen molar-refractivity contribution in [3.05, 3.63) is 102 Å². The summed E-state index contributed by atoms with van der Waals surface area (Å²) >= 11 is 0. The molecule has 2 atom stereocenters. The smallest absolute Gasteiger partial charge is 0.227 e. The van der Waals surface area contributed by atoms with Gasteiger partial charge < -0.3 is 10.2 Å². The van der Waals surface area contributed by atoms with Crippen LogP contribution in [0.25, 0.3) is 0 Å². The summed E-state index contributed by atoms with van der Waals surface area (Å²) in [6, 6.07) is 29.1. The van der Waals surface area contributed by atoms with E-state index in [9.17, 15) is 9.59 Å². The first-order chi connectivity index (χ1) is 16.1. The molecule has 1 saturated carbocycles. The number of anilines is 1. The van der Waals surface area contributed by atoms with E-state index in [2.05, 4.69) is 53.8 Å². The summed E-state index contributed by atoms with van der Waals surface area (Å²) < 4.78 is 0. The van der Waals surface area contributed by atoms with Gasteiger partial charge in [0.1, 0.15) is 5.78 Å². The lowest BCUT2D eigenvalue weighted by molar-refractivity contribution is -0.129. The summed E-state index contributed by atoms with van der Waals surface area (Å²) in [6.07, 6.45) is 1.68. The molecule has 33 heavy (non-hydrogen) atoms. The van der Waals surface area contributed by atoms with Crippen LogP contribution in [0.15, 0.2) is 84.9 Å². The molecule has 3 aromatic rings. The van der Waals surface area contributed by atoms with Crippen molar-refractivity contribution in [2.75, 3.05) is 25.5 Å². The van der Waals surface area contributed by atoms with Gasteiger partial charge in [0.05, 0.1) is 6.42 Å². The van der Waals surface area contributed by atoms with E-state index >= 15 is 0 Å². The third-order valence-corrected chi connectivity index (χ3v) is 7.69. The second-order valence-electron chi connectivity index (χ2n) is 9.27. The standard InChI is InChI=1S/C29H30N2O2/c1-30-26-15-9-8-10-21(26)18-28(33)31-19-24-25(20-31)29(17-16-27(24)32,22-11-4-2-5-12-22)23-13-6-3-7-14-23/h2-15,24-25,30H,16-20H2,1H3. The fourth-order valence-corrected chi connectivity index (χ4v) is 6.07. The van der Waals surface area contributed by atoms with Gasteiger partial charge >= 0.3 is 0 Å². The molecule has 0 spiro atoms. The molecule has 1 heterocycles. The largest absolute Gasteiger partial charge is 0.388 e. The minimum absolute atomic E-state index is 0.0760. The number of amides is 1. The molecule has 5 rings (SSSR count). The first-order valence-electron chi connectivity index (χ1n) is 11.8. The Hall–Kier alpha value is -3.40. The normalized spacial score (nSPS) is 21.5. The number of carbonyl (C=O) groups excluding carboxylic acids is 2. The summed E-state index contributed by atoms with van der Waals surface area (Å²) in [6.45, 7) is 1.13. The summed E-state index contributed by atoms with van der Waals surface area (Å²) in [5, 5.41) is 3.18. The second-order valence-corrected chi connectivity index (χ2v) is 9.27. The quantitative estimate of drug-likeness (QED) is 0.629. The maximum atomic E-state index is 13.4. The van der Waals surface area contributed by atoms with E-state index in [1.54, 1.807) is 0 Å². The van der Waals surface area contributed by atoms with Gasteiger partial charge in [-0.3, -0.25) is 9.59 Å². The van der Waals surface area contributed by atoms with Crippen molar-refractivity contribution in [3.63, 3.8) is 0 Å². The van der Waals surface area contributed by atoms with E-state index < -0.39 is 0 Å². The van der Waals surface area contributed by atoms with Crippen molar-refractivity contribution in [1.82, 2.24) is 4.90 Å². The number of likely N-dealkylation sites (tertiary alicyclic amines) is 1. The molecule has 4 nitrogen and oxygen atoms in total. The number of Topliss-reactive ketones (excluding diaryl/α,β-unsaturated/α-hetero) is 1. The zero-order valence-corrected chi connectivity index (χ0v) is 19.0. The highest BCUT2D eigenvalue weighted by atomic mass is 16.2. The fourth-order valence-electron chi connectivity index (χ4n) is 6.07. The van der Waals surface area contributed by atoms with Gasteiger partial charge in [-0.1, -0.05) is 78.9 Å². The van der Waals surface area contributed by atoms with Crippen molar-refractivity contribution >= 4 is 17.4 Å². The highest BCUT2D eigenvalue weighted by Crippen LogP contribution is 2.52. The third kappa shape index (κ3) is 3.74. The Balaban J connectivity index is 1.50. The molecule has 168 valence electrons. The molecular weight excluding hydrogens is 408 g/mol. The van der Waals surface area contributed by atoms with Crippen LogP contribution in [0.4, 0.5) is 5.69 Å². The fraction of sp³-hybridized carbons (Fsp3) is 0.310. The Kier molecular flexibility index (Phi) is 5.76. The zero-order chi connectivity index (χ0) is 22.8. The first-order valence-corrected chi connectivity index (χ1v) is 11.8. The predicted octanol–water partition coefficient (Wildman–Crippen LogP) is 4.69. The average molecular weight is 439 g/mol.